The number of hydrogen-bond acceptors (Lipinski definition) is 2. The molecule has 1 aromatic carbocycles. The van der Waals surface area contributed by atoms with E-state index in [4.69, 9.17) is 5.11 Å². The molecule has 78 valence electrons. The predicted octanol–water partition coefficient (Wildman–Crippen LogP) is 2.05. The molecule has 0 aliphatic carbocycles. The van der Waals surface area contributed by atoms with Crippen molar-refractivity contribution in [2.75, 3.05) is 6.61 Å². The fourth-order valence-electron chi connectivity index (χ4n) is 1.59. The molecule has 0 radical (unpaired) electrons. The van der Waals surface area contributed by atoms with Crippen LogP contribution < -0.4 is 0 Å². The van der Waals surface area contributed by atoms with Gasteiger partial charge in [-0.05, 0) is 30.4 Å². The second-order valence-electron chi connectivity index (χ2n) is 3.79. The number of rotatable bonds is 4. The van der Waals surface area contributed by atoms with Gasteiger partial charge in [-0.3, -0.25) is 0 Å². The third-order valence-electron chi connectivity index (χ3n) is 2.63. The maximum atomic E-state index is 9.99. The molecule has 0 aliphatic heterocycles. The summed E-state index contributed by atoms with van der Waals surface area (Å²) in [5.41, 5.74) is 2.07. The van der Waals surface area contributed by atoms with Crippen molar-refractivity contribution in [1.82, 2.24) is 0 Å². The van der Waals surface area contributed by atoms with Gasteiger partial charge in [0.25, 0.3) is 0 Å². The standard InChI is InChI=1S/C12H18O2/c1-9-5-3-4-6-11(9)12(14)10(2)7-8-13/h3-6,10,12-14H,7-8H2,1-2H3/t10-,12-/m0/s1. The van der Waals surface area contributed by atoms with Crippen LogP contribution >= 0.6 is 0 Å². The van der Waals surface area contributed by atoms with Crippen molar-refractivity contribution >= 4 is 0 Å². The molecule has 0 spiro atoms. The number of benzene rings is 1. The highest BCUT2D eigenvalue weighted by Crippen LogP contribution is 2.26. The quantitative estimate of drug-likeness (QED) is 0.770. The molecule has 0 fully saturated rings. The smallest absolute Gasteiger partial charge is 0.0818 e. The third-order valence-corrected chi connectivity index (χ3v) is 2.63. The molecule has 2 atom stereocenters. The van der Waals surface area contributed by atoms with E-state index in [0.29, 0.717) is 6.42 Å². The Hall–Kier alpha value is -0.860. The van der Waals surface area contributed by atoms with Crippen molar-refractivity contribution in [2.45, 2.75) is 26.4 Å². The van der Waals surface area contributed by atoms with Crippen molar-refractivity contribution in [3.05, 3.63) is 35.4 Å². The van der Waals surface area contributed by atoms with Crippen LogP contribution in [0.5, 0.6) is 0 Å². The van der Waals surface area contributed by atoms with Gasteiger partial charge < -0.3 is 10.2 Å². The fraction of sp³-hybridized carbons (Fsp3) is 0.500. The van der Waals surface area contributed by atoms with Crippen molar-refractivity contribution in [2.24, 2.45) is 5.92 Å². The van der Waals surface area contributed by atoms with E-state index in [0.717, 1.165) is 11.1 Å². The van der Waals surface area contributed by atoms with Gasteiger partial charge in [-0.1, -0.05) is 31.2 Å². The lowest BCUT2D eigenvalue weighted by molar-refractivity contribution is 0.0985. The van der Waals surface area contributed by atoms with Gasteiger partial charge in [0.15, 0.2) is 0 Å². The van der Waals surface area contributed by atoms with Crippen molar-refractivity contribution in [3.63, 3.8) is 0 Å². The van der Waals surface area contributed by atoms with E-state index in [9.17, 15) is 5.11 Å². The number of aliphatic hydroxyl groups excluding tert-OH is 2. The highest BCUT2D eigenvalue weighted by Gasteiger charge is 2.16. The zero-order chi connectivity index (χ0) is 10.6. The summed E-state index contributed by atoms with van der Waals surface area (Å²) in [7, 11) is 0. The van der Waals surface area contributed by atoms with Gasteiger partial charge in [0, 0.05) is 6.61 Å². The van der Waals surface area contributed by atoms with Crippen molar-refractivity contribution in [3.8, 4) is 0 Å². The Morgan fingerprint density at radius 3 is 2.50 bits per heavy atom. The van der Waals surface area contributed by atoms with E-state index in [1.165, 1.54) is 0 Å². The number of aryl methyl sites for hydroxylation is 1. The first kappa shape index (κ1) is 11.2. The van der Waals surface area contributed by atoms with Gasteiger partial charge in [0.05, 0.1) is 6.10 Å². The summed E-state index contributed by atoms with van der Waals surface area (Å²) in [6.45, 7) is 4.07. The fourth-order valence-corrected chi connectivity index (χ4v) is 1.59. The largest absolute Gasteiger partial charge is 0.396 e. The summed E-state index contributed by atoms with van der Waals surface area (Å²) in [6.07, 6.45) is 0.165. The zero-order valence-electron chi connectivity index (χ0n) is 8.77. The van der Waals surface area contributed by atoms with Crippen LogP contribution in [0.1, 0.15) is 30.6 Å². The minimum atomic E-state index is -0.469. The van der Waals surface area contributed by atoms with E-state index in [2.05, 4.69) is 0 Å². The lowest BCUT2D eigenvalue weighted by atomic mass is 9.92. The van der Waals surface area contributed by atoms with Gasteiger partial charge in [0.2, 0.25) is 0 Å². The van der Waals surface area contributed by atoms with Crippen LogP contribution in [0.25, 0.3) is 0 Å². The van der Waals surface area contributed by atoms with Crippen LogP contribution in [0.4, 0.5) is 0 Å². The topological polar surface area (TPSA) is 40.5 Å². The Kier molecular flexibility index (Phi) is 4.11. The van der Waals surface area contributed by atoms with E-state index in [-0.39, 0.29) is 12.5 Å². The normalized spacial score (nSPS) is 15.1. The van der Waals surface area contributed by atoms with Crippen molar-refractivity contribution < 1.29 is 10.2 Å². The minimum Gasteiger partial charge on any atom is -0.396 e. The summed E-state index contributed by atoms with van der Waals surface area (Å²) >= 11 is 0. The van der Waals surface area contributed by atoms with Crippen LogP contribution in [0.3, 0.4) is 0 Å². The summed E-state index contributed by atoms with van der Waals surface area (Å²) in [5.74, 6) is 0.0982. The molecule has 2 nitrogen and oxygen atoms in total. The molecule has 2 N–H and O–H groups in total. The molecule has 0 saturated heterocycles. The van der Waals surface area contributed by atoms with Gasteiger partial charge >= 0.3 is 0 Å². The average molecular weight is 194 g/mol. The molecular formula is C12H18O2. The Morgan fingerprint density at radius 2 is 1.93 bits per heavy atom. The van der Waals surface area contributed by atoms with E-state index >= 15 is 0 Å². The predicted molar refractivity (Wildman–Crippen MR) is 57.0 cm³/mol. The van der Waals surface area contributed by atoms with Crippen LogP contribution in [-0.2, 0) is 0 Å². The Bertz CT molecular complexity index is 283. The first-order chi connectivity index (χ1) is 6.66. The molecular weight excluding hydrogens is 176 g/mol. The SMILES string of the molecule is Cc1ccccc1[C@@H](O)[C@@H](C)CCO. The second-order valence-corrected chi connectivity index (χ2v) is 3.79. The van der Waals surface area contributed by atoms with Gasteiger partial charge in [-0.25, -0.2) is 0 Å². The van der Waals surface area contributed by atoms with Crippen LogP contribution in [0.15, 0.2) is 24.3 Å². The van der Waals surface area contributed by atoms with Crippen molar-refractivity contribution in [1.29, 1.82) is 0 Å². The Balaban J connectivity index is 2.78. The molecule has 0 amide bonds. The number of aliphatic hydroxyl groups is 2. The van der Waals surface area contributed by atoms with E-state index < -0.39 is 6.10 Å². The summed E-state index contributed by atoms with van der Waals surface area (Å²) in [4.78, 5) is 0. The number of hydrogen-bond donors (Lipinski definition) is 2. The lowest BCUT2D eigenvalue weighted by Gasteiger charge is -2.19. The molecule has 0 aromatic heterocycles. The summed E-state index contributed by atoms with van der Waals surface area (Å²) in [5, 5.41) is 18.8. The van der Waals surface area contributed by atoms with Gasteiger partial charge in [-0.15, -0.1) is 0 Å². The Morgan fingerprint density at radius 1 is 1.29 bits per heavy atom. The highest BCUT2D eigenvalue weighted by atomic mass is 16.3. The maximum Gasteiger partial charge on any atom is 0.0818 e. The monoisotopic (exact) mass is 194 g/mol. The first-order valence-corrected chi connectivity index (χ1v) is 5.01. The van der Waals surface area contributed by atoms with Crippen LogP contribution in [0, 0.1) is 12.8 Å². The minimum absolute atomic E-state index is 0.0982. The maximum absolute atomic E-state index is 9.99. The molecule has 1 aromatic rings. The van der Waals surface area contributed by atoms with E-state index in [1.807, 2.05) is 38.1 Å². The Labute approximate surface area is 85.2 Å². The first-order valence-electron chi connectivity index (χ1n) is 5.01. The molecule has 14 heavy (non-hydrogen) atoms. The molecule has 2 heteroatoms. The summed E-state index contributed by atoms with van der Waals surface area (Å²) < 4.78 is 0. The van der Waals surface area contributed by atoms with Crippen LogP contribution in [0.2, 0.25) is 0 Å². The van der Waals surface area contributed by atoms with Gasteiger partial charge in [-0.2, -0.15) is 0 Å². The molecule has 0 bridgehead atoms. The molecule has 0 aliphatic rings. The molecule has 0 saturated carbocycles. The molecule has 1 rings (SSSR count). The lowest BCUT2D eigenvalue weighted by Crippen LogP contribution is -2.11. The van der Waals surface area contributed by atoms with Gasteiger partial charge in [0.1, 0.15) is 0 Å². The highest BCUT2D eigenvalue weighted by molar-refractivity contribution is 5.27. The third kappa shape index (κ3) is 2.56. The van der Waals surface area contributed by atoms with E-state index in [1.54, 1.807) is 0 Å². The zero-order valence-corrected chi connectivity index (χ0v) is 8.77. The average Bonchev–Trinajstić information content (AvgIpc) is 2.18. The molecule has 0 heterocycles. The molecule has 0 unspecified atom stereocenters. The second kappa shape index (κ2) is 5.13. The summed E-state index contributed by atoms with van der Waals surface area (Å²) in [6, 6.07) is 7.82. The van der Waals surface area contributed by atoms with Crippen LogP contribution in [-0.4, -0.2) is 16.8 Å².